The first kappa shape index (κ1) is 12.7. The Morgan fingerprint density at radius 2 is 1.68 bits per heavy atom. The molecule has 0 spiro atoms. The zero-order chi connectivity index (χ0) is 13.1. The fourth-order valence-electron chi connectivity index (χ4n) is 3.35. The third kappa shape index (κ3) is 2.98. The van der Waals surface area contributed by atoms with E-state index in [-0.39, 0.29) is 0 Å². The van der Waals surface area contributed by atoms with Crippen molar-refractivity contribution in [2.24, 2.45) is 5.92 Å². The molecule has 1 heteroatoms. The SMILES string of the molecule is CNC1CCC(Cc2ccc3ccccc3c2)CC1. The van der Waals surface area contributed by atoms with Gasteiger partial charge >= 0.3 is 0 Å². The maximum Gasteiger partial charge on any atom is 0.00642 e. The van der Waals surface area contributed by atoms with Crippen molar-refractivity contribution in [1.29, 1.82) is 0 Å². The third-order valence-corrected chi connectivity index (χ3v) is 4.59. The van der Waals surface area contributed by atoms with Crippen LogP contribution in [0.1, 0.15) is 31.2 Å². The summed E-state index contributed by atoms with van der Waals surface area (Å²) in [5.74, 6) is 0.880. The van der Waals surface area contributed by atoms with Gasteiger partial charge in [0.2, 0.25) is 0 Å². The second-order valence-electron chi connectivity index (χ2n) is 5.89. The van der Waals surface area contributed by atoms with Crippen LogP contribution in [0.5, 0.6) is 0 Å². The van der Waals surface area contributed by atoms with E-state index >= 15 is 0 Å². The molecule has 0 atom stereocenters. The molecule has 0 amide bonds. The number of benzene rings is 2. The lowest BCUT2D eigenvalue weighted by atomic mass is 9.82. The Bertz CT molecular complexity index is 538. The zero-order valence-electron chi connectivity index (χ0n) is 11.7. The van der Waals surface area contributed by atoms with Crippen molar-refractivity contribution < 1.29 is 0 Å². The van der Waals surface area contributed by atoms with Crippen LogP contribution in [-0.2, 0) is 6.42 Å². The Hall–Kier alpha value is -1.34. The first-order valence-electron chi connectivity index (χ1n) is 7.50. The summed E-state index contributed by atoms with van der Waals surface area (Å²) in [5, 5.41) is 6.14. The Balaban J connectivity index is 1.68. The molecular formula is C18H23N. The molecule has 1 aliphatic rings. The van der Waals surface area contributed by atoms with Crippen LogP contribution in [-0.4, -0.2) is 13.1 Å². The Morgan fingerprint density at radius 1 is 0.947 bits per heavy atom. The Kier molecular flexibility index (Phi) is 3.84. The molecule has 3 rings (SSSR count). The molecule has 0 unspecified atom stereocenters. The lowest BCUT2D eigenvalue weighted by molar-refractivity contribution is 0.300. The lowest BCUT2D eigenvalue weighted by Crippen LogP contribution is -2.30. The van der Waals surface area contributed by atoms with Gasteiger partial charge < -0.3 is 5.32 Å². The highest BCUT2D eigenvalue weighted by Gasteiger charge is 2.19. The average molecular weight is 253 g/mol. The minimum atomic E-state index is 0.757. The highest BCUT2D eigenvalue weighted by Crippen LogP contribution is 2.28. The fraction of sp³-hybridized carbons (Fsp3) is 0.444. The van der Waals surface area contributed by atoms with Crippen molar-refractivity contribution in [2.75, 3.05) is 7.05 Å². The van der Waals surface area contributed by atoms with Gasteiger partial charge in [-0.15, -0.1) is 0 Å². The molecule has 0 aliphatic heterocycles. The van der Waals surface area contributed by atoms with E-state index in [1.54, 1.807) is 0 Å². The summed E-state index contributed by atoms with van der Waals surface area (Å²) in [7, 11) is 2.09. The molecule has 19 heavy (non-hydrogen) atoms. The van der Waals surface area contributed by atoms with Gasteiger partial charge in [-0.1, -0.05) is 42.5 Å². The first-order chi connectivity index (χ1) is 9.35. The van der Waals surface area contributed by atoms with E-state index in [9.17, 15) is 0 Å². The topological polar surface area (TPSA) is 12.0 Å². The van der Waals surface area contributed by atoms with Crippen molar-refractivity contribution in [2.45, 2.75) is 38.1 Å². The summed E-state index contributed by atoms with van der Waals surface area (Å²) in [6.07, 6.45) is 6.68. The largest absolute Gasteiger partial charge is 0.317 e. The molecule has 2 aromatic rings. The smallest absolute Gasteiger partial charge is 0.00642 e. The van der Waals surface area contributed by atoms with Gasteiger partial charge in [-0.3, -0.25) is 0 Å². The van der Waals surface area contributed by atoms with Gasteiger partial charge in [0.1, 0.15) is 0 Å². The van der Waals surface area contributed by atoms with Gasteiger partial charge in [0, 0.05) is 6.04 Å². The van der Waals surface area contributed by atoms with Crippen molar-refractivity contribution in [3.05, 3.63) is 48.0 Å². The normalized spacial score (nSPS) is 23.6. The lowest BCUT2D eigenvalue weighted by Gasteiger charge is -2.28. The Morgan fingerprint density at radius 3 is 2.42 bits per heavy atom. The molecule has 1 saturated carbocycles. The molecule has 100 valence electrons. The van der Waals surface area contributed by atoms with E-state index in [1.807, 2.05) is 0 Å². The monoisotopic (exact) mass is 253 g/mol. The average Bonchev–Trinajstić information content (AvgIpc) is 2.48. The van der Waals surface area contributed by atoms with Crippen LogP contribution in [0.25, 0.3) is 10.8 Å². The molecule has 0 radical (unpaired) electrons. The van der Waals surface area contributed by atoms with E-state index in [4.69, 9.17) is 0 Å². The van der Waals surface area contributed by atoms with E-state index in [0.717, 1.165) is 12.0 Å². The van der Waals surface area contributed by atoms with E-state index in [1.165, 1.54) is 48.4 Å². The molecule has 0 saturated heterocycles. The second kappa shape index (κ2) is 5.75. The van der Waals surface area contributed by atoms with Gasteiger partial charge in [-0.2, -0.15) is 0 Å². The van der Waals surface area contributed by atoms with Crippen molar-refractivity contribution >= 4 is 10.8 Å². The molecular weight excluding hydrogens is 230 g/mol. The summed E-state index contributed by atoms with van der Waals surface area (Å²) < 4.78 is 0. The highest BCUT2D eigenvalue weighted by atomic mass is 14.9. The number of fused-ring (bicyclic) bond motifs is 1. The summed E-state index contributed by atoms with van der Waals surface area (Å²) in [4.78, 5) is 0. The Labute approximate surface area is 116 Å². The van der Waals surface area contributed by atoms with Gasteiger partial charge in [0.15, 0.2) is 0 Å². The van der Waals surface area contributed by atoms with E-state index in [0.29, 0.717) is 0 Å². The number of hydrogen-bond acceptors (Lipinski definition) is 1. The second-order valence-corrected chi connectivity index (χ2v) is 5.89. The van der Waals surface area contributed by atoms with Gasteiger partial charge in [-0.25, -0.2) is 0 Å². The standard InChI is InChI=1S/C18H23N/c1-19-18-10-7-14(8-11-18)12-15-6-9-16-4-2-3-5-17(16)13-15/h2-6,9,13-14,18-19H,7-8,10-12H2,1H3. The quantitative estimate of drug-likeness (QED) is 0.866. The third-order valence-electron chi connectivity index (χ3n) is 4.59. The molecule has 2 aromatic carbocycles. The summed E-state index contributed by atoms with van der Waals surface area (Å²) >= 11 is 0. The highest BCUT2D eigenvalue weighted by molar-refractivity contribution is 5.82. The first-order valence-corrected chi connectivity index (χ1v) is 7.50. The molecule has 1 nitrogen and oxygen atoms in total. The molecule has 0 heterocycles. The number of nitrogens with one attached hydrogen (secondary N) is 1. The minimum Gasteiger partial charge on any atom is -0.317 e. The van der Waals surface area contributed by atoms with Crippen LogP contribution >= 0.6 is 0 Å². The van der Waals surface area contributed by atoms with Crippen molar-refractivity contribution in [3.63, 3.8) is 0 Å². The van der Waals surface area contributed by atoms with Gasteiger partial charge in [0.25, 0.3) is 0 Å². The van der Waals surface area contributed by atoms with Crippen LogP contribution in [0.2, 0.25) is 0 Å². The summed E-state index contributed by atoms with van der Waals surface area (Å²) in [6.45, 7) is 0. The van der Waals surface area contributed by atoms with Crippen LogP contribution in [0.3, 0.4) is 0 Å². The minimum absolute atomic E-state index is 0.757. The van der Waals surface area contributed by atoms with Gasteiger partial charge in [-0.05, 0) is 61.4 Å². The maximum atomic E-state index is 3.41. The van der Waals surface area contributed by atoms with E-state index < -0.39 is 0 Å². The van der Waals surface area contributed by atoms with Crippen LogP contribution in [0, 0.1) is 5.92 Å². The molecule has 0 bridgehead atoms. The van der Waals surface area contributed by atoms with E-state index in [2.05, 4.69) is 54.8 Å². The summed E-state index contributed by atoms with van der Waals surface area (Å²) in [6, 6.07) is 16.4. The van der Waals surface area contributed by atoms with Crippen molar-refractivity contribution in [3.8, 4) is 0 Å². The molecule has 1 aliphatic carbocycles. The van der Waals surface area contributed by atoms with Crippen LogP contribution in [0.15, 0.2) is 42.5 Å². The fourth-order valence-corrected chi connectivity index (χ4v) is 3.35. The number of rotatable bonds is 3. The summed E-state index contributed by atoms with van der Waals surface area (Å²) in [5.41, 5.74) is 1.51. The maximum absolute atomic E-state index is 3.41. The predicted octanol–water partition coefficient (Wildman–Crippen LogP) is 4.16. The van der Waals surface area contributed by atoms with Crippen LogP contribution < -0.4 is 5.32 Å². The van der Waals surface area contributed by atoms with Crippen LogP contribution in [0.4, 0.5) is 0 Å². The molecule has 1 N–H and O–H groups in total. The molecule has 0 aromatic heterocycles. The number of hydrogen-bond donors (Lipinski definition) is 1. The predicted molar refractivity (Wildman–Crippen MR) is 82.5 cm³/mol. The molecule has 1 fully saturated rings. The van der Waals surface area contributed by atoms with Crippen molar-refractivity contribution in [1.82, 2.24) is 5.32 Å². The zero-order valence-corrected chi connectivity index (χ0v) is 11.7. The van der Waals surface area contributed by atoms with Gasteiger partial charge in [0.05, 0.1) is 0 Å².